The van der Waals surface area contributed by atoms with Gasteiger partial charge in [-0.15, -0.1) is 11.3 Å². The number of fused-ring (bicyclic) bond motifs is 1. The number of rotatable bonds is 5. The maximum atomic E-state index is 13.6. The van der Waals surface area contributed by atoms with Crippen molar-refractivity contribution in [3.05, 3.63) is 118 Å². The zero-order chi connectivity index (χ0) is 25.4. The lowest BCUT2D eigenvalue weighted by Gasteiger charge is -2.39. The molecule has 0 aliphatic carbocycles. The minimum atomic E-state index is 0.0962. The highest BCUT2D eigenvalue weighted by atomic mass is 35.5. The smallest absolute Gasteiger partial charge is 0.264 e. The van der Waals surface area contributed by atoms with Gasteiger partial charge >= 0.3 is 0 Å². The van der Waals surface area contributed by atoms with Crippen LogP contribution in [0.5, 0.6) is 0 Å². The molecule has 0 saturated carbocycles. The molecule has 5 nitrogen and oxygen atoms in total. The second-order valence-corrected chi connectivity index (χ2v) is 10.8. The highest BCUT2D eigenvalue weighted by Crippen LogP contribution is 2.33. The summed E-state index contributed by atoms with van der Waals surface area (Å²) in [7, 11) is 0. The number of aryl methyl sites for hydroxylation is 1. The maximum Gasteiger partial charge on any atom is 0.264 e. The summed E-state index contributed by atoms with van der Waals surface area (Å²) in [5, 5.41) is 6.41. The first-order valence-electron chi connectivity index (χ1n) is 12.5. The van der Waals surface area contributed by atoms with Crippen LogP contribution in [0.3, 0.4) is 0 Å². The Hall–Kier alpha value is -3.45. The lowest BCUT2D eigenvalue weighted by atomic mass is 9.96. The van der Waals surface area contributed by atoms with E-state index >= 15 is 0 Å². The zero-order valence-electron chi connectivity index (χ0n) is 20.5. The summed E-state index contributed by atoms with van der Waals surface area (Å²) in [6, 6.07) is 31.1. The predicted molar refractivity (Wildman–Crippen MR) is 151 cm³/mol. The van der Waals surface area contributed by atoms with Gasteiger partial charge < -0.3 is 4.90 Å². The van der Waals surface area contributed by atoms with Crippen LogP contribution < -0.4 is 0 Å². The van der Waals surface area contributed by atoms with E-state index in [9.17, 15) is 4.79 Å². The van der Waals surface area contributed by atoms with Crippen LogP contribution in [0.15, 0.2) is 91.0 Å². The van der Waals surface area contributed by atoms with Gasteiger partial charge in [-0.25, -0.2) is 4.68 Å². The second kappa shape index (κ2) is 10.1. The van der Waals surface area contributed by atoms with Crippen molar-refractivity contribution >= 4 is 39.1 Å². The molecule has 1 fully saturated rings. The summed E-state index contributed by atoms with van der Waals surface area (Å²) in [4.78, 5) is 19.8. The van der Waals surface area contributed by atoms with Crippen LogP contribution in [-0.2, 0) is 0 Å². The minimum absolute atomic E-state index is 0.0962. The molecule has 1 aliphatic rings. The molecule has 3 heterocycles. The van der Waals surface area contributed by atoms with Gasteiger partial charge in [0.2, 0.25) is 0 Å². The number of halogens is 1. The van der Waals surface area contributed by atoms with Crippen molar-refractivity contribution in [2.24, 2.45) is 0 Å². The van der Waals surface area contributed by atoms with Gasteiger partial charge in [-0.05, 0) is 48.4 Å². The lowest BCUT2D eigenvalue weighted by Crippen LogP contribution is -2.49. The molecule has 7 heteroatoms. The molecule has 0 spiro atoms. The summed E-state index contributed by atoms with van der Waals surface area (Å²) < 4.78 is 1.91. The summed E-state index contributed by atoms with van der Waals surface area (Å²) >= 11 is 7.58. The van der Waals surface area contributed by atoms with E-state index in [2.05, 4.69) is 65.6 Å². The first-order chi connectivity index (χ1) is 18.1. The first kappa shape index (κ1) is 23.9. The third-order valence-electron chi connectivity index (χ3n) is 7.02. The molecule has 0 unspecified atom stereocenters. The largest absolute Gasteiger partial charge is 0.335 e. The summed E-state index contributed by atoms with van der Waals surface area (Å²) in [5.74, 6) is 0.0962. The molecular formula is C30H27ClN4OS. The molecule has 6 rings (SSSR count). The van der Waals surface area contributed by atoms with Crippen molar-refractivity contribution in [3.8, 4) is 5.69 Å². The molecule has 0 N–H and O–H groups in total. The highest BCUT2D eigenvalue weighted by Gasteiger charge is 2.29. The van der Waals surface area contributed by atoms with Crippen molar-refractivity contribution < 1.29 is 4.79 Å². The molecule has 186 valence electrons. The Balaban J connectivity index is 1.22. The number of piperazine rings is 1. The van der Waals surface area contributed by atoms with Crippen molar-refractivity contribution in [2.75, 3.05) is 26.2 Å². The molecule has 0 radical (unpaired) electrons. The molecule has 37 heavy (non-hydrogen) atoms. The Morgan fingerprint density at radius 2 is 1.46 bits per heavy atom. The van der Waals surface area contributed by atoms with Gasteiger partial charge in [0.25, 0.3) is 5.91 Å². The average Bonchev–Trinajstić information content (AvgIpc) is 3.51. The Morgan fingerprint density at radius 3 is 2.05 bits per heavy atom. The Kier molecular flexibility index (Phi) is 6.55. The topological polar surface area (TPSA) is 41.4 Å². The number of hydrogen-bond acceptors (Lipinski definition) is 4. The lowest BCUT2D eigenvalue weighted by molar-refractivity contribution is 0.0602. The molecule has 3 aromatic carbocycles. The number of thiophene rings is 1. The van der Waals surface area contributed by atoms with E-state index < -0.39 is 0 Å². The van der Waals surface area contributed by atoms with Gasteiger partial charge in [0.15, 0.2) is 0 Å². The number of carbonyl (C=O) groups excluding carboxylic acids is 1. The van der Waals surface area contributed by atoms with Gasteiger partial charge in [0.05, 0.1) is 22.3 Å². The van der Waals surface area contributed by atoms with Gasteiger partial charge in [-0.2, -0.15) is 5.10 Å². The standard InChI is InChI=1S/C30H27ClN4OS/c1-21-26-20-27(37-30(26)35(32-21)25-14-12-24(31)13-15-25)29(36)34-18-16-33(17-19-34)28(22-8-4-2-5-9-22)23-10-6-3-7-11-23/h2-15,20,28H,16-19H2,1H3. The fraction of sp³-hybridized carbons (Fsp3) is 0.200. The third kappa shape index (κ3) is 4.68. The van der Waals surface area contributed by atoms with Crippen LogP contribution >= 0.6 is 22.9 Å². The molecule has 0 atom stereocenters. The van der Waals surface area contributed by atoms with Gasteiger partial charge in [-0.3, -0.25) is 9.69 Å². The number of nitrogens with zero attached hydrogens (tertiary/aromatic N) is 4. The maximum absolute atomic E-state index is 13.6. The summed E-state index contributed by atoms with van der Waals surface area (Å²) in [5.41, 5.74) is 4.41. The molecular weight excluding hydrogens is 500 g/mol. The van der Waals surface area contributed by atoms with Gasteiger partial charge in [0, 0.05) is 36.6 Å². The Morgan fingerprint density at radius 1 is 0.865 bits per heavy atom. The number of hydrogen-bond donors (Lipinski definition) is 0. The molecule has 1 amide bonds. The van der Waals surface area contributed by atoms with E-state index in [-0.39, 0.29) is 11.9 Å². The molecule has 1 aliphatic heterocycles. The summed E-state index contributed by atoms with van der Waals surface area (Å²) in [6.07, 6.45) is 0. The Labute approximate surface area is 225 Å². The third-order valence-corrected chi connectivity index (χ3v) is 8.37. The van der Waals surface area contributed by atoms with Crippen molar-refractivity contribution in [1.82, 2.24) is 19.6 Å². The second-order valence-electron chi connectivity index (χ2n) is 9.36. The fourth-order valence-electron chi connectivity index (χ4n) is 5.13. The quantitative estimate of drug-likeness (QED) is 0.259. The van der Waals surface area contributed by atoms with Crippen LogP contribution in [0.2, 0.25) is 5.02 Å². The van der Waals surface area contributed by atoms with Crippen LogP contribution in [0.25, 0.3) is 15.9 Å². The minimum Gasteiger partial charge on any atom is -0.335 e. The zero-order valence-corrected chi connectivity index (χ0v) is 22.1. The fourth-order valence-corrected chi connectivity index (χ4v) is 6.41. The van der Waals surface area contributed by atoms with E-state index in [0.717, 1.165) is 39.6 Å². The molecule has 2 aromatic heterocycles. The van der Waals surface area contributed by atoms with Gasteiger partial charge in [0.1, 0.15) is 4.83 Å². The molecule has 5 aromatic rings. The van der Waals surface area contributed by atoms with Crippen LogP contribution in [0.4, 0.5) is 0 Å². The van der Waals surface area contributed by atoms with Gasteiger partial charge in [-0.1, -0.05) is 72.3 Å². The van der Waals surface area contributed by atoms with Crippen molar-refractivity contribution in [1.29, 1.82) is 0 Å². The van der Waals surface area contributed by atoms with Crippen LogP contribution in [-0.4, -0.2) is 51.7 Å². The van der Waals surface area contributed by atoms with Crippen molar-refractivity contribution in [2.45, 2.75) is 13.0 Å². The van der Waals surface area contributed by atoms with E-state index in [4.69, 9.17) is 16.7 Å². The van der Waals surface area contributed by atoms with Crippen LogP contribution in [0.1, 0.15) is 32.5 Å². The highest BCUT2D eigenvalue weighted by molar-refractivity contribution is 7.20. The molecule has 0 bridgehead atoms. The predicted octanol–water partition coefficient (Wildman–Crippen LogP) is 6.60. The summed E-state index contributed by atoms with van der Waals surface area (Å²) in [6.45, 7) is 5.03. The van der Waals surface area contributed by atoms with E-state index in [1.165, 1.54) is 22.5 Å². The monoisotopic (exact) mass is 526 g/mol. The van der Waals surface area contributed by atoms with E-state index in [0.29, 0.717) is 18.1 Å². The van der Waals surface area contributed by atoms with E-state index in [1.807, 2.05) is 46.8 Å². The van der Waals surface area contributed by atoms with Crippen LogP contribution in [0, 0.1) is 6.92 Å². The number of amides is 1. The normalized spacial score (nSPS) is 14.5. The number of aromatic nitrogens is 2. The number of benzene rings is 3. The Bertz CT molecular complexity index is 1480. The average molecular weight is 527 g/mol. The number of carbonyl (C=O) groups is 1. The van der Waals surface area contributed by atoms with E-state index in [1.54, 1.807) is 0 Å². The SMILES string of the molecule is Cc1nn(-c2ccc(Cl)cc2)c2sc(C(=O)N3CCN(C(c4ccccc4)c4ccccc4)CC3)cc12. The van der Waals surface area contributed by atoms with Crippen molar-refractivity contribution in [3.63, 3.8) is 0 Å². The first-order valence-corrected chi connectivity index (χ1v) is 13.7. The molecule has 1 saturated heterocycles.